The Morgan fingerprint density at radius 2 is 1.84 bits per heavy atom. The Kier molecular flexibility index (Phi) is 8.23. The minimum absolute atomic E-state index is 0. The number of benzene rings is 1. The monoisotopic (exact) mass is 561 g/mol. The van der Waals surface area contributed by atoms with E-state index in [1.807, 2.05) is 26.1 Å². The number of sulfonamides is 1. The predicted octanol–water partition coefficient (Wildman–Crippen LogP) is 2.86. The van der Waals surface area contributed by atoms with Crippen molar-refractivity contribution in [3.05, 3.63) is 52.7 Å². The molecule has 1 unspecified atom stereocenters. The van der Waals surface area contributed by atoms with Crippen molar-refractivity contribution in [2.24, 2.45) is 5.92 Å². The highest BCUT2D eigenvalue weighted by molar-refractivity contribution is 7.93. The molecule has 11 heteroatoms. The number of nitrogens with zero attached hydrogens (tertiary/aromatic N) is 4. The van der Waals surface area contributed by atoms with Crippen molar-refractivity contribution in [3.63, 3.8) is 0 Å². The van der Waals surface area contributed by atoms with E-state index >= 15 is 0 Å². The molecule has 1 N–H and O–H groups in total. The Morgan fingerprint density at radius 1 is 1.11 bits per heavy atom. The molecule has 9 nitrogen and oxygen atoms in total. The second-order valence-corrected chi connectivity index (χ2v) is 12.4. The van der Waals surface area contributed by atoms with Gasteiger partial charge in [-0.15, -0.1) is 12.4 Å². The summed E-state index contributed by atoms with van der Waals surface area (Å²) in [5, 5.41) is 2.93. The van der Waals surface area contributed by atoms with Crippen molar-refractivity contribution in [1.29, 1.82) is 0 Å². The van der Waals surface area contributed by atoms with Gasteiger partial charge in [0.1, 0.15) is 5.82 Å². The number of nitrogens with one attached hydrogen (secondary N) is 1. The van der Waals surface area contributed by atoms with Crippen molar-refractivity contribution >= 4 is 45.7 Å². The van der Waals surface area contributed by atoms with Crippen LogP contribution >= 0.6 is 12.4 Å². The van der Waals surface area contributed by atoms with E-state index in [9.17, 15) is 18.0 Å². The third-order valence-corrected chi connectivity index (χ3v) is 9.71. The first-order valence-electron chi connectivity index (χ1n) is 13.1. The number of amides is 2. The zero-order valence-electron chi connectivity index (χ0n) is 22.1. The van der Waals surface area contributed by atoms with Gasteiger partial charge in [-0.25, -0.2) is 13.4 Å². The highest BCUT2D eigenvalue weighted by Gasteiger charge is 2.38. The number of pyridine rings is 1. The van der Waals surface area contributed by atoms with Gasteiger partial charge in [0.05, 0.1) is 22.9 Å². The number of carbonyl (C=O) groups excluding carboxylic acids is 2. The third kappa shape index (κ3) is 5.20. The summed E-state index contributed by atoms with van der Waals surface area (Å²) in [6.45, 7) is 9.40. The molecular formula is C27H36ClN5O4S. The molecular weight excluding hydrogens is 526 g/mol. The SMILES string of the molecule is CCC1CNC(=O)[C@H]1c1ccc(C(=O)N2CCN(c3ncc(C)cc3C)CC2)c(N2CCCS2(=O)=O)c1.Cl. The highest BCUT2D eigenvalue weighted by atomic mass is 35.5. The topological polar surface area (TPSA) is 103 Å². The Labute approximate surface area is 231 Å². The van der Waals surface area contributed by atoms with E-state index in [0.717, 1.165) is 28.9 Å². The van der Waals surface area contributed by atoms with E-state index in [0.29, 0.717) is 56.9 Å². The lowest BCUT2D eigenvalue weighted by Gasteiger charge is -2.36. The van der Waals surface area contributed by atoms with Crippen LogP contribution in [-0.2, 0) is 14.8 Å². The number of anilines is 2. The molecule has 1 aromatic carbocycles. The van der Waals surface area contributed by atoms with Crippen molar-refractivity contribution < 1.29 is 18.0 Å². The average molecular weight is 562 g/mol. The quantitative estimate of drug-likeness (QED) is 0.602. The molecule has 0 saturated carbocycles. The molecule has 0 aliphatic carbocycles. The summed E-state index contributed by atoms with van der Waals surface area (Å²) >= 11 is 0. The van der Waals surface area contributed by atoms with Gasteiger partial charge in [0, 0.05) is 45.5 Å². The summed E-state index contributed by atoms with van der Waals surface area (Å²) in [6, 6.07) is 7.42. The van der Waals surface area contributed by atoms with Crippen molar-refractivity contribution in [3.8, 4) is 0 Å². The van der Waals surface area contributed by atoms with Gasteiger partial charge in [-0.2, -0.15) is 0 Å². The van der Waals surface area contributed by atoms with Crippen LogP contribution < -0.4 is 14.5 Å². The number of aryl methyl sites for hydroxylation is 2. The molecule has 3 aliphatic heterocycles. The fourth-order valence-electron chi connectivity index (χ4n) is 5.85. The van der Waals surface area contributed by atoms with E-state index < -0.39 is 10.0 Å². The molecule has 3 fully saturated rings. The molecule has 0 bridgehead atoms. The zero-order chi connectivity index (χ0) is 26.3. The average Bonchev–Trinajstić information content (AvgIpc) is 3.44. The van der Waals surface area contributed by atoms with Gasteiger partial charge in [-0.1, -0.05) is 25.5 Å². The molecule has 5 rings (SSSR count). The highest BCUT2D eigenvalue weighted by Crippen LogP contribution is 2.37. The number of carbonyl (C=O) groups is 2. The second-order valence-electron chi connectivity index (χ2n) is 10.3. The molecule has 3 aliphatic rings. The molecule has 2 aromatic rings. The molecule has 38 heavy (non-hydrogen) atoms. The molecule has 2 atom stereocenters. The Hall–Kier alpha value is -2.85. The summed E-state index contributed by atoms with van der Waals surface area (Å²) in [6.07, 6.45) is 3.21. The number of halogens is 1. The number of hydrogen-bond donors (Lipinski definition) is 1. The number of piperazine rings is 1. The van der Waals surface area contributed by atoms with Crippen molar-refractivity contribution in [2.45, 2.75) is 39.5 Å². The van der Waals surface area contributed by atoms with E-state index in [-0.39, 0.29) is 41.8 Å². The van der Waals surface area contributed by atoms with Gasteiger partial charge < -0.3 is 15.1 Å². The molecule has 1 aromatic heterocycles. The fourth-order valence-corrected chi connectivity index (χ4v) is 7.42. The standard InChI is InChI=1S/C27H35N5O4S.ClH/c1-4-20-17-29-26(33)24(20)21-6-7-22(23(15-21)32-8-5-13-37(32,35)36)27(34)31-11-9-30(10-12-31)25-19(3)14-18(2)16-28-25;/h6-7,14-16,20,24H,4-5,8-13,17H2,1-3H3,(H,29,33);1H/t20?,24-;/m1./s1. The third-order valence-electron chi connectivity index (χ3n) is 7.85. The molecule has 4 heterocycles. The van der Waals surface area contributed by atoms with Crippen LogP contribution in [-0.4, -0.2) is 75.1 Å². The maximum absolute atomic E-state index is 13.8. The van der Waals surface area contributed by atoms with Gasteiger partial charge >= 0.3 is 0 Å². The predicted molar refractivity (Wildman–Crippen MR) is 151 cm³/mol. The number of hydrogen-bond acceptors (Lipinski definition) is 6. The Bertz CT molecular complexity index is 1330. The number of rotatable bonds is 5. The lowest BCUT2D eigenvalue weighted by Crippen LogP contribution is -2.49. The van der Waals surface area contributed by atoms with Gasteiger partial charge in [0.2, 0.25) is 15.9 Å². The smallest absolute Gasteiger partial charge is 0.256 e. The normalized spacial score (nSPS) is 22.8. The van der Waals surface area contributed by atoms with Crippen LogP contribution in [0, 0.1) is 19.8 Å². The maximum atomic E-state index is 13.8. The Balaban J connectivity index is 0.00000336. The molecule has 0 radical (unpaired) electrons. The molecule has 3 saturated heterocycles. The van der Waals surface area contributed by atoms with Crippen LogP contribution in [0.5, 0.6) is 0 Å². The summed E-state index contributed by atoms with van der Waals surface area (Å²) in [5.41, 5.74) is 3.76. The largest absolute Gasteiger partial charge is 0.355 e. The first-order chi connectivity index (χ1) is 17.7. The van der Waals surface area contributed by atoms with E-state index in [1.54, 1.807) is 17.0 Å². The van der Waals surface area contributed by atoms with Gasteiger partial charge in [0.15, 0.2) is 0 Å². The first-order valence-corrected chi connectivity index (χ1v) is 14.7. The van der Waals surface area contributed by atoms with Crippen molar-refractivity contribution in [2.75, 3.05) is 54.2 Å². The molecule has 2 amide bonds. The summed E-state index contributed by atoms with van der Waals surface area (Å²) < 4.78 is 27.2. The van der Waals surface area contributed by atoms with Gasteiger partial charge in [-0.3, -0.25) is 13.9 Å². The van der Waals surface area contributed by atoms with Gasteiger partial charge in [0.25, 0.3) is 5.91 Å². The van der Waals surface area contributed by atoms with E-state index in [4.69, 9.17) is 0 Å². The van der Waals surface area contributed by atoms with Crippen LogP contribution in [0.15, 0.2) is 30.5 Å². The Morgan fingerprint density at radius 3 is 2.47 bits per heavy atom. The van der Waals surface area contributed by atoms with E-state index in [2.05, 4.69) is 28.2 Å². The lowest BCUT2D eigenvalue weighted by molar-refractivity contribution is -0.120. The summed E-state index contributed by atoms with van der Waals surface area (Å²) in [5.74, 6) is 0.577. The van der Waals surface area contributed by atoms with Crippen LogP contribution in [0.25, 0.3) is 0 Å². The zero-order valence-corrected chi connectivity index (χ0v) is 23.8. The van der Waals surface area contributed by atoms with Gasteiger partial charge in [-0.05, 0) is 55.0 Å². The molecule has 206 valence electrons. The van der Waals surface area contributed by atoms with Crippen molar-refractivity contribution in [1.82, 2.24) is 15.2 Å². The van der Waals surface area contributed by atoms with E-state index in [1.165, 1.54) is 4.31 Å². The van der Waals surface area contributed by atoms with Crippen LogP contribution in [0.1, 0.15) is 52.7 Å². The number of aromatic nitrogens is 1. The maximum Gasteiger partial charge on any atom is 0.256 e. The molecule has 0 spiro atoms. The fraction of sp³-hybridized carbons (Fsp3) is 0.519. The summed E-state index contributed by atoms with van der Waals surface area (Å²) in [7, 11) is -3.51. The lowest BCUT2D eigenvalue weighted by atomic mass is 9.86. The minimum Gasteiger partial charge on any atom is -0.355 e. The van der Waals surface area contributed by atoms with Crippen LogP contribution in [0.4, 0.5) is 11.5 Å². The van der Waals surface area contributed by atoms with Crippen LogP contribution in [0.3, 0.4) is 0 Å². The minimum atomic E-state index is -3.51. The first kappa shape index (κ1) is 28.2. The summed E-state index contributed by atoms with van der Waals surface area (Å²) in [4.78, 5) is 35.0. The second kappa shape index (κ2) is 11.1. The van der Waals surface area contributed by atoms with Crippen LogP contribution in [0.2, 0.25) is 0 Å².